The van der Waals surface area contributed by atoms with Crippen LogP contribution in [-0.2, 0) is 0 Å². The van der Waals surface area contributed by atoms with Crippen molar-refractivity contribution in [1.29, 1.82) is 5.26 Å². The van der Waals surface area contributed by atoms with Crippen molar-refractivity contribution in [2.75, 3.05) is 31.1 Å². The van der Waals surface area contributed by atoms with Gasteiger partial charge in [0.1, 0.15) is 12.4 Å². The minimum absolute atomic E-state index is 0.572. The third-order valence-corrected chi connectivity index (χ3v) is 4.42. The molecule has 0 bridgehead atoms. The summed E-state index contributed by atoms with van der Waals surface area (Å²) in [5, 5.41) is 9.32. The van der Waals surface area contributed by atoms with Crippen LogP contribution in [0.5, 0.6) is 0 Å². The molecule has 0 N–H and O–H groups in total. The summed E-state index contributed by atoms with van der Waals surface area (Å²) in [7, 11) is 0. The van der Waals surface area contributed by atoms with Crippen LogP contribution < -0.4 is 4.90 Å². The molecule has 1 atom stereocenters. The number of carbonyl (C=O) groups is 1. The SMILES string of the molecule is N#Cc1cc(C=O)ccc1N1CCCN2CCCC2C1. The van der Waals surface area contributed by atoms with Crippen molar-refractivity contribution in [2.24, 2.45) is 0 Å². The van der Waals surface area contributed by atoms with E-state index in [2.05, 4.69) is 15.9 Å². The lowest BCUT2D eigenvalue weighted by Gasteiger charge is -2.28. The highest BCUT2D eigenvalue weighted by atomic mass is 16.1. The lowest BCUT2D eigenvalue weighted by Crippen LogP contribution is -2.36. The molecular weight excluding hydrogens is 250 g/mol. The Morgan fingerprint density at radius 1 is 1.25 bits per heavy atom. The maximum atomic E-state index is 10.8. The predicted octanol–water partition coefficient (Wildman–Crippen LogP) is 2.05. The maximum Gasteiger partial charge on any atom is 0.150 e. The first-order chi connectivity index (χ1) is 9.81. The fourth-order valence-corrected chi connectivity index (χ4v) is 3.42. The summed E-state index contributed by atoms with van der Waals surface area (Å²) in [6.45, 7) is 4.36. The lowest BCUT2D eigenvalue weighted by atomic mass is 10.1. The molecule has 0 spiro atoms. The van der Waals surface area contributed by atoms with Gasteiger partial charge >= 0.3 is 0 Å². The van der Waals surface area contributed by atoms with E-state index in [-0.39, 0.29) is 0 Å². The van der Waals surface area contributed by atoms with E-state index in [4.69, 9.17) is 0 Å². The van der Waals surface area contributed by atoms with Crippen LogP contribution in [0.25, 0.3) is 0 Å². The van der Waals surface area contributed by atoms with E-state index in [0.29, 0.717) is 17.2 Å². The van der Waals surface area contributed by atoms with Gasteiger partial charge < -0.3 is 4.90 Å². The summed E-state index contributed by atoms with van der Waals surface area (Å²) >= 11 is 0. The van der Waals surface area contributed by atoms with E-state index in [1.165, 1.54) is 19.4 Å². The monoisotopic (exact) mass is 269 g/mol. The van der Waals surface area contributed by atoms with E-state index in [0.717, 1.165) is 38.0 Å². The van der Waals surface area contributed by atoms with E-state index < -0.39 is 0 Å². The number of carbonyl (C=O) groups excluding carboxylic acids is 1. The van der Waals surface area contributed by atoms with Crippen molar-refractivity contribution < 1.29 is 4.79 Å². The number of aldehydes is 1. The second-order valence-electron chi connectivity index (χ2n) is 5.64. The van der Waals surface area contributed by atoms with E-state index in [1.54, 1.807) is 12.1 Å². The van der Waals surface area contributed by atoms with Gasteiger partial charge in [-0.3, -0.25) is 9.69 Å². The van der Waals surface area contributed by atoms with Crippen molar-refractivity contribution in [2.45, 2.75) is 25.3 Å². The van der Waals surface area contributed by atoms with Crippen LogP contribution >= 0.6 is 0 Å². The van der Waals surface area contributed by atoms with Crippen LogP contribution in [0.2, 0.25) is 0 Å². The number of nitrogens with zero attached hydrogens (tertiary/aromatic N) is 3. The van der Waals surface area contributed by atoms with Crippen LogP contribution in [-0.4, -0.2) is 43.4 Å². The standard InChI is InChI=1S/C16H19N3O/c17-10-14-9-13(12-20)4-5-16(14)19-8-2-7-18-6-1-3-15(18)11-19/h4-5,9,12,15H,1-3,6-8,11H2. The summed E-state index contributed by atoms with van der Waals surface area (Å²) in [5.74, 6) is 0. The molecule has 0 amide bonds. The number of anilines is 1. The molecule has 2 aliphatic heterocycles. The van der Waals surface area contributed by atoms with Gasteiger partial charge in [0, 0.05) is 31.2 Å². The number of rotatable bonds is 2. The van der Waals surface area contributed by atoms with Crippen molar-refractivity contribution >= 4 is 12.0 Å². The van der Waals surface area contributed by atoms with Crippen molar-refractivity contribution in [3.8, 4) is 6.07 Å². The Hall–Kier alpha value is -1.86. The molecule has 0 aliphatic carbocycles. The van der Waals surface area contributed by atoms with Crippen molar-refractivity contribution in [3.63, 3.8) is 0 Å². The van der Waals surface area contributed by atoms with Gasteiger partial charge in [0.15, 0.2) is 0 Å². The highest BCUT2D eigenvalue weighted by molar-refractivity contribution is 5.78. The number of benzene rings is 1. The summed E-state index contributed by atoms with van der Waals surface area (Å²) in [6, 6.07) is 8.28. The molecule has 1 unspecified atom stereocenters. The van der Waals surface area contributed by atoms with Crippen LogP contribution in [0.1, 0.15) is 35.2 Å². The third kappa shape index (κ3) is 2.41. The number of nitriles is 1. The molecule has 1 aromatic carbocycles. The zero-order chi connectivity index (χ0) is 13.9. The van der Waals surface area contributed by atoms with Crippen molar-refractivity contribution in [3.05, 3.63) is 29.3 Å². The Morgan fingerprint density at radius 3 is 2.90 bits per heavy atom. The van der Waals surface area contributed by atoms with Crippen LogP contribution in [0.3, 0.4) is 0 Å². The highest BCUT2D eigenvalue weighted by Gasteiger charge is 2.29. The zero-order valence-corrected chi connectivity index (χ0v) is 11.6. The molecule has 2 saturated heterocycles. The molecule has 20 heavy (non-hydrogen) atoms. The lowest BCUT2D eigenvalue weighted by molar-refractivity contribution is 0.112. The van der Waals surface area contributed by atoms with Gasteiger partial charge in [-0.05, 0) is 44.0 Å². The van der Waals surface area contributed by atoms with Gasteiger partial charge in [-0.2, -0.15) is 5.26 Å². The van der Waals surface area contributed by atoms with E-state index >= 15 is 0 Å². The van der Waals surface area contributed by atoms with Crippen molar-refractivity contribution in [1.82, 2.24) is 4.90 Å². The summed E-state index contributed by atoms with van der Waals surface area (Å²) in [6.07, 6.45) is 4.47. The second-order valence-corrected chi connectivity index (χ2v) is 5.64. The van der Waals surface area contributed by atoms with Crippen LogP contribution in [0.15, 0.2) is 18.2 Å². The Labute approximate surface area is 119 Å². The van der Waals surface area contributed by atoms with Gasteiger partial charge in [0.05, 0.1) is 11.3 Å². The molecule has 2 fully saturated rings. The minimum atomic E-state index is 0.572. The fourth-order valence-electron chi connectivity index (χ4n) is 3.42. The van der Waals surface area contributed by atoms with Crippen LogP contribution in [0.4, 0.5) is 5.69 Å². The minimum Gasteiger partial charge on any atom is -0.369 e. The number of fused-ring (bicyclic) bond motifs is 1. The molecule has 1 aromatic rings. The Bertz CT molecular complexity index is 549. The zero-order valence-electron chi connectivity index (χ0n) is 11.6. The largest absolute Gasteiger partial charge is 0.369 e. The molecule has 4 heteroatoms. The second kappa shape index (κ2) is 5.64. The quantitative estimate of drug-likeness (QED) is 0.771. The molecular formula is C16H19N3O. The average Bonchev–Trinajstić information content (AvgIpc) is 2.83. The first kappa shape index (κ1) is 13.1. The Kier molecular flexibility index (Phi) is 3.70. The van der Waals surface area contributed by atoms with Gasteiger partial charge in [0.2, 0.25) is 0 Å². The first-order valence-electron chi connectivity index (χ1n) is 7.30. The Morgan fingerprint density at radius 2 is 2.10 bits per heavy atom. The highest BCUT2D eigenvalue weighted by Crippen LogP contribution is 2.27. The molecule has 0 saturated carbocycles. The predicted molar refractivity (Wildman–Crippen MR) is 78.0 cm³/mol. The van der Waals surface area contributed by atoms with E-state index in [9.17, 15) is 10.1 Å². The molecule has 104 valence electrons. The molecule has 2 heterocycles. The number of hydrogen-bond donors (Lipinski definition) is 0. The third-order valence-electron chi connectivity index (χ3n) is 4.42. The normalized spacial score (nSPS) is 22.9. The maximum absolute atomic E-state index is 10.8. The van der Waals surface area contributed by atoms with Gasteiger partial charge in [-0.25, -0.2) is 0 Å². The van der Waals surface area contributed by atoms with E-state index in [1.807, 2.05) is 6.07 Å². The molecule has 4 nitrogen and oxygen atoms in total. The van der Waals surface area contributed by atoms with Gasteiger partial charge in [0.25, 0.3) is 0 Å². The summed E-state index contributed by atoms with van der Waals surface area (Å²) in [5.41, 5.74) is 2.16. The fraction of sp³-hybridized carbons (Fsp3) is 0.500. The van der Waals surface area contributed by atoms with Gasteiger partial charge in [-0.1, -0.05) is 0 Å². The molecule has 0 aromatic heterocycles. The molecule has 2 aliphatic rings. The number of hydrogen-bond acceptors (Lipinski definition) is 4. The molecule has 0 radical (unpaired) electrons. The first-order valence-corrected chi connectivity index (χ1v) is 7.30. The summed E-state index contributed by atoms with van der Waals surface area (Å²) < 4.78 is 0. The molecule has 3 rings (SSSR count). The van der Waals surface area contributed by atoms with Crippen LogP contribution in [0, 0.1) is 11.3 Å². The average molecular weight is 269 g/mol. The topological polar surface area (TPSA) is 47.3 Å². The summed E-state index contributed by atoms with van der Waals surface area (Å²) in [4.78, 5) is 15.7. The van der Waals surface area contributed by atoms with Gasteiger partial charge in [-0.15, -0.1) is 0 Å². The smallest absolute Gasteiger partial charge is 0.150 e. The Balaban J connectivity index is 1.88.